The maximum absolute atomic E-state index is 12.3. The molecule has 2 aromatic rings. The third kappa shape index (κ3) is 2.75. The van der Waals surface area contributed by atoms with Gasteiger partial charge in [0.2, 0.25) is 10.0 Å². The molecule has 2 rings (SSSR count). The largest absolute Gasteiger partial charge is 0.269 e. The monoisotopic (exact) mass is 297 g/mol. The zero-order valence-corrected chi connectivity index (χ0v) is 12.7. The topological polar surface area (TPSA) is 81.8 Å². The Morgan fingerprint density at radius 2 is 1.90 bits per heavy atom. The minimum Gasteiger partial charge on any atom is -0.269 e. The van der Waals surface area contributed by atoms with Gasteiger partial charge in [-0.05, 0) is 26.8 Å². The lowest BCUT2D eigenvalue weighted by molar-refractivity contribution is 0.569. The van der Waals surface area contributed by atoms with Crippen molar-refractivity contribution in [3.05, 3.63) is 29.8 Å². The van der Waals surface area contributed by atoms with Crippen molar-refractivity contribution in [3.8, 4) is 0 Å². The highest BCUT2D eigenvalue weighted by molar-refractivity contribution is 7.89. The SMILES string of the molecule is CCn1nccc1CNS(=O)(=O)c1cnn(CC)c1C. The first-order valence-electron chi connectivity index (χ1n) is 6.52. The van der Waals surface area contributed by atoms with Crippen LogP contribution in [0.3, 0.4) is 0 Å². The Labute approximate surface area is 118 Å². The van der Waals surface area contributed by atoms with E-state index in [9.17, 15) is 8.42 Å². The van der Waals surface area contributed by atoms with Crippen LogP contribution in [0, 0.1) is 6.92 Å². The fourth-order valence-electron chi connectivity index (χ4n) is 2.05. The summed E-state index contributed by atoms with van der Waals surface area (Å²) < 4.78 is 30.6. The summed E-state index contributed by atoms with van der Waals surface area (Å²) in [5, 5.41) is 8.17. The predicted molar refractivity (Wildman–Crippen MR) is 74.6 cm³/mol. The number of sulfonamides is 1. The molecule has 8 heteroatoms. The normalized spacial score (nSPS) is 11.9. The predicted octanol–water partition coefficient (Wildman–Crippen LogP) is 0.906. The van der Waals surface area contributed by atoms with Gasteiger partial charge in [-0.25, -0.2) is 13.1 Å². The van der Waals surface area contributed by atoms with E-state index in [1.165, 1.54) is 6.20 Å². The van der Waals surface area contributed by atoms with Gasteiger partial charge in [-0.2, -0.15) is 10.2 Å². The number of rotatable bonds is 6. The summed E-state index contributed by atoms with van der Waals surface area (Å²) in [7, 11) is -3.56. The van der Waals surface area contributed by atoms with Gasteiger partial charge in [0.15, 0.2) is 0 Å². The van der Waals surface area contributed by atoms with Crippen LogP contribution in [-0.2, 0) is 29.7 Å². The summed E-state index contributed by atoms with van der Waals surface area (Å²) >= 11 is 0. The van der Waals surface area contributed by atoms with Crippen molar-refractivity contribution in [1.29, 1.82) is 0 Å². The fraction of sp³-hybridized carbons (Fsp3) is 0.500. The first-order valence-corrected chi connectivity index (χ1v) is 8.00. The zero-order valence-electron chi connectivity index (χ0n) is 11.9. The number of hydrogen-bond donors (Lipinski definition) is 1. The highest BCUT2D eigenvalue weighted by atomic mass is 32.2. The van der Waals surface area contributed by atoms with Gasteiger partial charge in [0.05, 0.1) is 24.1 Å². The molecule has 0 radical (unpaired) electrons. The Hall–Kier alpha value is -1.67. The van der Waals surface area contributed by atoms with Crippen molar-refractivity contribution in [1.82, 2.24) is 24.3 Å². The molecule has 0 aliphatic carbocycles. The molecule has 0 atom stereocenters. The molecule has 1 N–H and O–H groups in total. The second-order valence-corrected chi connectivity index (χ2v) is 6.11. The van der Waals surface area contributed by atoms with Crippen molar-refractivity contribution in [2.45, 2.75) is 45.3 Å². The molecule has 0 aliphatic heterocycles. The van der Waals surface area contributed by atoms with Gasteiger partial charge in [-0.3, -0.25) is 9.36 Å². The van der Waals surface area contributed by atoms with E-state index in [0.717, 1.165) is 5.69 Å². The third-order valence-electron chi connectivity index (χ3n) is 3.19. The highest BCUT2D eigenvalue weighted by Crippen LogP contribution is 2.14. The van der Waals surface area contributed by atoms with Gasteiger partial charge in [0, 0.05) is 19.3 Å². The molecule has 0 amide bonds. The van der Waals surface area contributed by atoms with Crippen LogP contribution in [0.25, 0.3) is 0 Å². The van der Waals surface area contributed by atoms with Crippen LogP contribution in [0.5, 0.6) is 0 Å². The summed E-state index contributed by atoms with van der Waals surface area (Å²) in [6, 6.07) is 1.80. The van der Waals surface area contributed by atoms with E-state index in [2.05, 4.69) is 14.9 Å². The van der Waals surface area contributed by atoms with Crippen molar-refractivity contribution in [3.63, 3.8) is 0 Å². The van der Waals surface area contributed by atoms with Crippen molar-refractivity contribution in [2.75, 3.05) is 0 Å². The molecule has 0 saturated heterocycles. The summed E-state index contributed by atoms with van der Waals surface area (Å²) in [4.78, 5) is 0.224. The van der Waals surface area contributed by atoms with E-state index in [1.807, 2.05) is 13.8 Å². The van der Waals surface area contributed by atoms with Crippen LogP contribution in [0.2, 0.25) is 0 Å². The minimum absolute atomic E-state index is 0.215. The van der Waals surface area contributed by atoms with Gasteiger partial charge in [-0.15, -0.1) is 0 Å². The summed E-state index contributed by atoms with van der Waals surface area (Å²) in [5.74, 6) is 0. The fourth-order valence-corrected chi connectivity index (χ4v) is 3.23. The van der Waals surface area contributed by atoms with E-state index in [-0.39, 0.29) is 11.4 Å². The van der Waals surface area contributed by atoms with E-state index >= 15 is 0 Å². The van der Waals surface area contributed by atoms with Gasteiger partial charge in [0.1, 0.15) is 4.90 Å². The van der Waals surface area contributed by atoms with Crippen LogP contribution in [-0.4, -0.2) is 28.0 Å². The molecule has 2 heterocycles. The van der Waals surface area contributed by atoms with Crippen molar-refractivity contribution in [2.24, 2.45) is 0 Å². The summed E-state index contributed by atoms with van der Waals surface area (Å²) in [5.41, 5.74) is 1.47. The van der Waals surface area contributed by atoms with Gasteiger partial charge in [-0.1, -0.05) is 0 Å². The molecule has 0 unspecified atom stereocenters. The van der Waals surface area contributed by atoms with Crippen LogP contribution in [0.1, 0.15) is 25.2 Å². The Morgan fingerprint density at radius 3 is 2.50 bits per heavy atom. The van der Waals surface area contributed by atoms with E-state index in [0.29, 0.717) is 18.8 Å². The molecule has 110 valence electrons. The number of aromatic nitrogens is 4. The maximum Gasteiger partial charge on any atom is 0.244 e. The molecule has 7 nitrogen and oxygen atoms in total. The molecule has 0 fully saturated rings. The second kappa shape index (κ2) is 5.76. The quantitative estimate of drug-likeness (QED) is 0.859. The Kier molecular flexibility index (Phi) is 4.24. The molecule has 0 saturated carbocycles. The zero-order chi connectivity index (χ0) is 14.8. The number of aryl methyl sites for hydroxylation is 2. The second-order valence-electron chi connectivity index (χ2n) is 4.37. The maximum atomic E-state index is 12.3. The van der Waals surface area contributed by atoms with Gasteiger partial charge in [0.25, 0.3) is 0 Å². The molecule has 0 spiro atoms. The molecule has 0 aliphatic rings. The van der Waals surface area contributed by atoms with Crippen LogP contribution >= 0.6 is 0 Å². The molecule has 0 aromatic carbocycles. The molecular weight excluding hydrogens is 278 g/mol. The number of hydrogen-bond acceptors (Lipinski definition) is 4. The van der Waals surface area contributed by atoms with E-state index < -0.39 is 10.0 Å². The van der Waals surface area contributed by atoms with E-state index in [4.69, 9.17) is 0 Å². The average molecular weight is 297 g/mol. The molecule has 2 aromatic heterocycles. The third-order valence-corrected chi connectivity index (χ3v) is 4.70. The Morgan fingerprint density at radius 1 is 1.20 bits per heavy atom. The smallest absolute Gasteiger partial charge is 0.244 e. The van der Waals surface area contributed by atoms with Gasteiger partial charge >= 0.3 is 0 Å². The van der Waals surface area contributed by atoms with Crippen LogP contribution < -0.4 is 4.72 Å². The number of nitrogens with zero attached hydrogens (tertiary/aromatic N) is 4. The van der Waals surface area contributed by atoms with E-state index in [1.54, 1.807) is 28.6 Å². The average Bonchev–Trinajstić information content (AvgIpc) is 3.02. The van der Waals surface area contributed by atoms with Crippen LogP contribution in [0.4, 0.5) is 0 Å². The molecular formula is C12H19N5O2S. The first-order chi connectivity index (χ1) is 9.49. The minimum atomic E-state index is -3.56. The standard InChI is InChI=1S/C12H19N5O2S/c1-4-16-10(3)12(9-14-16)20(18,19)15-8-11-6-7-13-17(11)5-2/h6-7,9,15H,4-5,8H2,1-3H3. The van der Waals surface area contributed by atoms with Crippen molar-refractivity contribution < 1.29 is 8.42 Å². The lowest BCUT2D eigenvalue weighted by Crippen LogP contribution is -2.25. The van der Waals surface area contributed by atoms with Crippen molar-refractivity contribution >= 4 is 10.0 Å². The van der Waals surface area contributed by atoms with Crippen LogP contribution in [0.15, 0.2) is 23.4 Å². The van der Waals surface area contributed by atoms with Gasteiger partial charge < -0.3 is 0 Å². The Bertz CT molecular complexity index is 687. The summed E-state index contributed by atoms with van der Waals surface area (Å²) in [6.07, 6.45) is 3.05. The lowest BCUT2D eigenvalue weighted by atomic mass is 10.4. The lowest BCUT2D eigenvalue weighted by Gasteiger charge is -2.08. The summed E-state index contributed by atoms with van der Waals surface area (Å²) in [6.45, 7) is 7.19. The Balaban J connectivity index is 2.17. The first kappa shape index (κ1) is 14.7. The molecule has 20 heavy (non-hydrogen) atoms. The highest BCUT2D eigenvalue weighted by Gasteiger charge is 2.20. The molecule has 0 bridgehead atoms. The number of nitrogens with one attached hydrogen (secondary N) is 1.